The zero-order chi connectivity index (χ0) is 24.9. The predicted molar refractivity (Wildman–Crippen MR) is 137 cm³/mol. The Bertz CT molecular complexity index is 1510. The van der Waals surface area contributed by atoms with Crippen molar-refractivity contribution in [3.8, 4) is 17.3 Å². The lowest BCUT2D eigenvalue weighted by Crippen LogP contribution is -2.10. The third-order valence-corrected chi connectivity index (χ3v) is 5.99. The highest BCUT2D eigenvalue weighted by molar-refractivity contribution is 7.11. The number of ether oxygens (including phenoxy) is 1. The van der Waals surface area contributed by atoms with Crippen molar-refractivity contribution in [1.29, 1.82) is 5.26 Å². The van der Waals surface area contributed by atoms with Gasteiger partial charge in [-0.2, -0.15) is 5.26 Å². The number of nitriles is 1. The van der Waals surface area contributed by atoms with Crippen LogP contribution in [0.2, 0.25) is 5.02 Å². The number of nitrogens with one attached hydrogen (secondary N) is 1. The van der Waals surface area contributed by atoms with Crippen molar-refractivity contribution in [3.63, 3.8) is 0 Å². The molecule has 0 atom stereocenters. The van der Waals surface area contributed by atoms with E-state index < -0.39 is 5.63 Å². The number of nitrogens with zero attached hydrogens (tertiary/aromatic N) is 2. The van der Waals surface area contributed by atoms with Crippen LogP contribution < -0.4 is 10.9 Å². The minimum atomic E-state index is -0.524. The highest BCUT2D eigenvalue weighted by Gasteiger charge is 2.14. The molecule has 0 aliphatic heterocycles. The number of benzene rings is 2. The molecule has 35 heavy (non-hydrogen) atoms. The van der Waals surface area contributed by atoms with Crippen LogP contribution in [0.4, 0.5) is 5.69 Å². The van der Waals surface area contributed by atoms with Gasteiger partial charge >= 0.3 is 11.6 Å². The van der Waals surface area contributed by atoms with E-state index in [-0.39, 0.29) is 23.0 Å². The van der Waals surface area contributed by atoms with E-state index in [9.17, 15) is 14.9 Å². The van der Waals surface area contributed by atoms with Crippen LogP contribution in [0.3, 0.4) is 0 Å². The van der Waals surface area contributed by atoms with Gasteiger partial charge in [0.05, 0.1) is 23.4 Å². The van der Waals surface area contributed by atoms with Gasteiger partial charge in [0.25, 0.3) is 0 Å². The summed E-state index contributed by atoms with van der Waals surface area (Å²) in [4.78, 5) is 29.0. The van der Waals surface area contributed by atoms with Gasteiger partial charge in [-0.25, -0.2) is 14.6 Å². The maximum Gasteiger partial charge on any atom is 0.345 e. The second-order valence-electron chi connectivity index (χ2n) is 8.05. The van der Waals surface area contributed by atoms with Crippen molar-refractivity contribution in [3.05, 3.63) is 86.1 Å². The van der Waals surface area contributed by atoms with Crippen molar-refractivity contribution < 1.29 is 13.9 Å². The first-order valence-corrected chi connectivity index (χ1v) is 11.9. The molecule has 0 bridgehead atoms. The van der Waals surface area contributed by atoms with Crippen molar-refractivity contribution >= 4 is 51.1 Å². The van der Waals surface area contributed by atoms with Crippen LogP contribution in [0.5, 0.6) is 0 Å². The van der Waals surface area contributed by atoms with Gasteiger partial charge in [0.1, 0.15) is 22.2 Å². The Morgan fingerprint density at radius 2 is 2.03 bits per heavy atom. The van der Waals surface area contributed by atoms with Crippen LogP contribution >= 0.6 is 22.9 Å². The molecule has 0 radical (unpaired) electrons. The van der Waals surface area contributed by atoms with Crippen LogP contribution in [0.15, 0.2) is 69.3 Å². The number of carbonyl (C=O) groups excluding carboxylic acids is 1. The Labute approximate surface area is 210 Å². The number of allylic oxidation sites excluding steroid dienone is 1. The van der Waals surface area contributed by atoms with Crippen LogP contribution in [0, 0.1) is 17.2 Å². The van der Waals surface area contributed by atoms with E-state index in [0.717, 1.165) is 0 Å². The van der Waals surface area contributed by atoms with E-state index in [2.05, 4.69) is 16.4 Å². The predicted octanol–water partition coefficient (Wildman–Crippen LogP) is 6.36. The fraction of sp³-hybridized carbons (Fsp3) is 0.154. The lowest BCUT2D eigenvalue weighted by atomic mass is 10.1. The molecule has 0 saturated carbocycles. The maximum absolute atomic E-state index is 12.5. The van der Waals surface area contributed by atoms with Gasteiger partial charge in [-0.3, -0.25) is 0 Å². The quantitative estimate of drug-likeness (QED) is 0.177. The zero-order valence-electron chi connectivity index (χ0n) is 18.9. The second kappa shape index (κ2) is 10.6. The lowest BCUT2D eigenvalue weighted by Gasteiger charge is -2.07. The molecule has 0 saturated heterocycles. The summed E-state index contributed by atoms with van der Waals surface area (Å²) >= 11 is 7.28. The van der Waals surface area contributed by atoms with E-state index in [4.69, 9.17) is 20.8 Å². The molecule has 4 aromatic rings. The third-order valence-electron chi connectivity index (χ3n) is 4.88. The molecular weight excluding hydrogens is 486 g/mol. The summed E-state index contributed by atoms with van der Waals surface area (Å²) in [5.74, 6) is -0.121. The molecule has 4 rings (SSSR count). The van der Waals surface area contributed by atoms with Crippen molar-refractivity contribution in [2.75, 3.05) is 11.9 Å². The highest BCUT2D eigenvalue weighted by atomic mass is 35.5. The van der Waals surface area contributed by atoms with Crippen LogP contribution in [-0.4, -0.2) is 17.6 Å². The monoisotopic (exact) mass is 505 g/mol. The van der Waals surface area contributed by atoms with Crippen LogP contribution in [-0.2, 0) is 4.74 Å². The first-order valence-electron chi connectivity index (χ1n) is 10.7. The minimum absolute atomic E-state index is 0.259. The normalized spacial score (nSPS) is 11.5. The standard InChI is InChI=1S/C26H20ClN3O4S/c1-15(2)13-33-25(31)16-3-6-20(7-4-16)29-12-18(11-28)24-30-22(14-35-24)21-10-17-9-19(27)5-8-23(17)34-26(21)32/h3-10,12,14-15,29H,13H2,1-2H3/b18-12-. The Morgan fingerprint density at radius 1 is 1.26 bits per heavy atom. The van der Waals surface area contributed by atoms with Crippen molar-refractivity contribution in [2.24, 2.45) is 5.92 Å². The molecule has 2 heterocycles. The third kappa shape index (κ3) is 5.77. The molecule has 9 heteroatoms. The number of thiazole rings is 1. The van der Waals surface area contributed by atoms with E-state index >= 15 is 0 Å². The SMILES string of the molecule is CC(C)COC(=O)c1ccc(N/C=C(/C#N)c2nc(-c3cc4cc(Cl)ccc4oc3=O)cs2)cc1. The highest BCUT2D eigenvalue weighted by Crippen LogP contribution is 2.27. The fourth-order valence-electron chi connectivity index (χ4n) is 3.12. The number of fused-ring (bicyclic) bond motifs is 1. The molecular formula is C26H20ClN3O4S. The summed E-state index contributed by atoms with van der Waals surface area (Å²) in [6.07, 6.45) is 1.53. The van der Waals surface area contributed by atoms with Gasteiger partial charge in [0.15, 0.2) is 0 Å². The molecule has 7 nitrogen and oxygen atoms in total. The summed E-state index contributed by atoms with van der Waals surface area (Å²) in [5.41, 5.74) is 2.01. The number of hydrogen-bond acceptors (Lipinski definition) is 8. The van der Waals surface area contributed by atoms with Crippen LogP contribution in [0.25, 0.3) is 27.8 Å². The minimum Gasteiger partial charge on any atom is -0.462 e. The van der Waals surface area contributed by atoms with Crippen molar-refractivity contribution in [1.82, 2.24) is 4.98 Å². The van der Waals surface area contributed by atoms with E-state index in [1.807, 2.05) is 13.8 Å². The summed E-state index contributed by atoms with van der Waals surface area (Å²) < 4.78 is 10.6. The van der Waals surface area contributed by atoms with E-state index in [1.54, 1.807) is 53.9 Å². The smallest absolute Gasteiger partial charge is 0.345 e. The zero-order valence-corrected chi connectivity index (χ0v) is 20.4. The molecule has 2 aromatic carbocycles. The van der Waals surface area contributed by atoms with Gasteiger partial charge in [-0.1, -0.05) is 25.4 Å². The number of aromatic nitrogens is 1. The number of rotatable bonds is 7. The largest absolute Gasteiger partial charge is 0.462 e. The first kappa shape index (κ1) is 24.2. The summed E-state index contributed by atoms with van der Waals surface area (Å²) in [7, 11) is 0. The molecule has 0 fully saturated rings. The van der Waals surface area contributed by atoms with Gasteiger partial charge < -0.3 is 14.5 Å². The molecule has 0 spiro atoms. The molecule has 0 aliphatic rings. The lowest BCUT2D eigenvalue weighted by molar-refractivity contribution is 0.0459. The molecule has 176 valence electrons. The number of halogens is 1. The number of carbonyl (C=O) groups is 1. The number of anilines is 1. The Hall–Kier alpha value is -3.93. The second-order valence-corrected chi connectivity index (χ2v) is 9.35. The first-order chi connectivity index (χ1) is 16.8. The van der Waals surface area contributed by atoms with Gasteiger partial charge in [0.2, 0.25) is 0 Å². The average molecular weight is 506 g/mol. The summed E-state index contributed by atoms with van der Waals surface area (Å²) in [6, 6.07) is 15.5. The Morgan fingerprint density at radius 3 is 2.74 bits per heavy atom. The molecule has 0 unspecified atom stereocenters. The Balaban J connectivity index is 1.51. The number of hydrogen-bond donors (Lipinski definition) is 1. The fourth-order valence-corrected chi connectivity index (χ4v) is 4.09. The maximum atomic E-state index is 12.5. The van der Waals surface area contributed by atoms with Gasteiger partial charge in [-0.15, -0.1) is 11.3 Å². The van der Waals surface area contributed by atoms with Crippen molar-refractivity contribution in [2.45, 2.75) is 13.8 Å². The average Bonchev–Trinajstić information content (AvgIpc) is 3.33. The van der Waals surface area contributed by atoms with E-state index in [0.29, 0.717) is 44.6 Å². The molecule has 2 aromatic heterocycles. The number of esters is 1. The van der Waals surface area contributed by atoms with Crippen LogP contribution in [0.1, 0.15) is 29.2 Å². The molecule has 1 N–H and O–H groups in total. The van der Waals surface area contributed by atoms with Gasteiger partial charge in [0, 0.05) is 27.7 Å². The Kier molecular flexibility index (Phi) is 7.30. The van der Waals surface area contributed by atoms with Gasteiger partial charge in [-0.05, 0) is 54.4 Å². The molecule has 0 amide bonds. The summed E-state index contributed by atoms with van der Waals surface area (Å²) in [6.45, 7) is 4.30. The van der Waals surface area contributed by atoms with E-state index in [1.165, 1.54) is 17.5 Å². The topological polar surface area (TPSA) is 105 Å². The summed E-state index contributed by atoms with van der Waals surface area (Å²) in [5, 5.41) is 16.0. The molecule has 0 aliphatic carbocycles.